The molecule has 0 aliphatic heterocycles. The first kappa shape index (κ1) is 13.1. The molecule has 2 rings (SSSR count). The van der Waals surface area contributed by atoms with Crippen LogP contribution in [-0.2, 0) is 11.2 Å². The van der Waals surface area contributed by atoms with Gasteiger partial charge in [0.1, 0.15) is 0 Å². The highest BCUT2D eigenvalue weighted by Crippen LogP contribution is 2.13. The SMILES string of the molecule is O=C(CCc1ccncc1)Nc1ccc(F)c(F)c1. The lowest BCUT2D eigenvalue weighted by atomic mass is 10.1. The Kier molecular flexibility index (Phi) is 4.18. The normalized spacial score (nSPS) is 10.2. The summed E-state index contributed by atoms with van der Waals surface area (Å²) in [7, 11) is 0. The summed E-state index contributed by atoms with van der Waals surface area (Å²) in [6.07, 6.45) is 4.15. The Morgan fingerprint density at radius 2 is 1.84 bits per heavy atom. The maximum absolute atomic E-state index is 12.9. The minimum absolute atomic E-state index is 0.247. The zero-order chi connectivity index (χ0) is 13.7. The van der Waals surface area contributed by atoms with E-state index in [0.29, 0.717) is 6.42 Å². The van der Waals surface area contributed by atoms with E-state index in [1.54, 1.807) is 12.4 Å². The second kappa shape index (κ2) is 6.04. The zero-order valence-corrected chi connectivity index (χ0v) is 10.1. The molecule has 0 bridgehead atoms. The van der Waals surface area contributed by atoms with Gasteiger partial charge in [-0.25, -0.2) is 8.78 Å². The van der Waals surface area contributed by atoms with Crippen LogP contribution in [0, 0.1) is 11.6 Å². The van der Waals surface area contributed by atoms with Gasteiger partial charge in [-0.2, -0.15) is 0 Å². The molecule has 1 heterocycles. The number of carbonyl (C=O) groups excluding carboxylic acids is 1. The molecule has 1 aromatic carbocycles. The van der Waals surface area contributed by atoms with Crippen molar-refractivity contribution in [2.75, 3.05) is 5.32 Å². The summed E-state index contributed by atoms with van der Waals surface area (Å²) in [5, 5.41) is 2.52. The second-order valence-corrected chi connectivity index (χ2v) is 4.03. The van der Waals surface area contributed by atoms with Crippen LogP contribution in [0.1, 0.15) is 12.0 Å². The van der Waals surface area contributed by atoms with E-state index in [2.05, 4.69) is 10.3 Å². The molecule has 0 unspecified atom stereocenters. The molecular weight excluding hydrogens is 250 g/mol. The molecule has 0 spiro atoms. The maximum Gasteiger partial charge on any atom is 0.224 e. The number of benzene rings is 1. The van der Waals surface area contributed by atoms with Crippen LogP contribution >= 0.6 is 0 Å². The molecule has 2 aromatic rings. The number of hydrogen-bond donors (Lipinski definition) is 1. The Morgan fingerprint density at radius 1 is 1.11 bits per heavy atom. The topological polar surface area (TPSA) is 42.0 Å². The number of hydrogen-bond acceptors (Lipinski definition) is 2. The van der Waals surface area contributed by atoms with Gasteiger partial charge in [0, 0.05) is 30.6 Å². The largest absolute Gasteiger partial charge is 0.326 e. The van der Waals surface area contributed by atoms with Crippen molar-refractivity contribution in [2.45, 2.75) is 12.8 Å². The van der Waals surface area contributed by atoms with Crippen LogP contribution in [-0.4, -0.2) is 10.9 Å². The Balaban J connectivity index is 1.89. The Hall–Kier alpha value is -2.30. The van der Waals surface area contributed by atoms with Gasteiger partial charge >= 0.3 is 0 Å². The van der Waals surface area contributed by atoms with Gasteiger partial charge in [-0.1, -0.05) is 0 Å². The van der Waals surface area contributed by atoms with Crippen LogP contribution in [0.25, 0.3) is 0 Å². The summed E-state index contributed by atoms with van der Waals surface area (Å²) in [5.74, 6) is -2.16. The highest BCUT2D eigenvalue weighted by Gasteiger charge is 2.06. The predicted molar refractivity (Wildman–Crippen MR) is 67.5 cm³/mol. The number of aryl methyl sites for hydroxylation is 1. The average Bonchev–Trinajstić information content (AvgIpc) is 2.42. The van der Waals surface area contributed by atoms with Gasteiger partial charge < -0.3 is 5.32 Å². The van der Waals surface area contributed by atoms with Gasteiger partial charge in [-0.05, 0) is 36.2 Å². The number of aromatic nitrogens is 1. The van der Waals surface area contributed by atoms with Crippen LogP contribution in [0.15, 0.2) is 42.7 Å². The number of anilines is 1. The maximum atomic E-state index is 12.9. The third-order valence-corrected chi connectivity index (χ3v) is 2.59. The molecule has 19 heavy (non-hydrogen) atoms. The van der Waals surface area contributed by atoms with Crippen LogP contribution in [0.4, 0.5) is 14.5 Å². The fourth-order valence-electron chi connectivity index (χ4n) is 1.60. The van der Waals surface area contributed by atoms with E-state index in [9.17, 15) is 13.6 Å². The highest BCUT2D eigenvalue weighted by atomic mass is 19.2. The molecule has 3 nitrogen and oxygen atoms in total. The van der Waals surface area contributed by atoms with Crippen molar-refractivity contribution in [1.82, 2.24) is 4.98 Å². The van der Waals surface area contributed by atoms with Gasteiger partial charge in [0.05, 0.1) is 0 Å². The molecular formula is C14H12F2N2O. The van der Waals surface area contributed by atoms with Crippen molar-refractivity contribution < 1.29 is 13.6 Å². The number of rotatable bonds is 4. The number of pyridine rings is 1. The first-order chi connectivity index (χ1) is 9.15. The first-order valence-corrected chi connectivity index (χ1v) is 5.79. The Bertz CT molecular complexity index is 573. The van der Waals surface area contributed by atoms with Gasteiger partial charge in [-0.3, -0.25) is 9.78 Å². The van der Waals surface area contributed by atoms with Crippen molar-refractivity contribution in [3.05, 3.63) is 59.9 Å². The minimum Gasteiger partial charge on any atom is -0.326 e. The molecule has 0 radical (unpaired) electrons. The van der Waals surface area contributed by atoms with Gasteiger partial charge in [0.25, 0.3) is 0 Å². The van der Waals surface area contributed by atoms with Crippen LogP contribution in [0.5, 0.6) is 0 Å². The van der Waals surface area contributed by atoms with E-state index in [0.717, 1.165) is 17.7 Å². The minimum atomic E-state index is -0.980. The van der Waals surface area contributed by atoms with E-state index in [4.69, 9.17) is 0 Å². The van der Waals surface area contributed by atoms with Crippen LogP contribution in [0.3, 0.4) is 0 Å². The first-order valence-electron chi connectivity index (χ1n) is 5.79. The smallest absolute Gasteiger partial charge is 0.224 e. The van der Waals surface area contributed by atoms with Crippen LogP contribution < -0.4 is 5.32 Å². The zero-order valence-electron chi connectivity index (χ0n) is 10.1. The molecule has 1 N–H and O–H groups in total. The van der Waals surface area contributed by atoms with E-state index >= 15 is 0 Å². The molecule has 0 saturated heterocycles. The number of nitrogens with one attached hydrogen (secondary N) is 1. The molecule has 0 saturated carbocycles. The molecule has 98 valence electrons. The number of nitrogens with zero attached hydrogens (tertiary/aromatic N) is 1. The predicted octanol–water partition coefficient (Wildman–Crippen LogP) is 2.93. The number of amides is 1. The summed E-state index contributed by atoms with van der Waals surface area (Å²) >= 11 is 0. The van der Waals surface area contributed by atoms with Gasteiger partial charge in [0.2, 0.25) is 5.91 Å². The summed E-state index contributed by atoms with van der Waals surface area (Å²) in [4.78, 5) is 15.5. The summed E-state index contributed by atoms with van der Waals surface area (Å²) < 4.78 is 25.7. The van der Waals surface area contributed by atoms with Crippen LogP contribution in [0.2, 0.25) is 0 Å². The molecule has 0 atom stereocenters. The van der Waals surface area contributed by atoms with Gasteiger partial charge in [-0.15, -0.1) is 0 Å². The quantitative estimate of drug-likeness (QED) is 0.920. The van der Waals surface area contributed by atoms with Crippen molar-refractivity contribution >= 4 is 11.6 Å². The lowest BCUT2D eigenvalue weighted by molar-refractivity contribution is -0.116. The fourth-order valence-corrected chi connectivity index (χ4v) is 1.60. The average molecular weight is 262 g/mol. The van der Waals surface area contributed by atoms with Crippen molar-refractivity contribution in [2.24, 2.45) is 0 Å². The lowest BCUT2D eigenvalue weighted by Gasteiger charge is -2.05. The third kappa shape index (κ3) is 3.84. The highest BCUT2D eigenvalue weighted by molar-refractivity contribution is 5.90. The standard InChI is InChI=1S/C14H12F2N2O/c15-12-3-2-11(9-13(12)16)18-14(19)4-1-10-5-7-17-8-6-10/h2-3,5-9H,1,4H2,(H,18,19). The Morgan fingerprint density at radius 3 is 2.53 bits per heavy atom. The Labute approximate surface area is 109 Å². The molecule has 1 aromatic heterocycles. The molecule has 0 aliphatic carbocycles. The van der Waals surface area contributed by atoms with Crippen molar-refractivity contribution in [1.29, 1.82) is 0 Å². The van der Waals surface area contributed by atoms with E-state index in [1.165, 1.54) is 6.07 Å². The molecule has 0 aliphatic rings. The van der Waals surface area contributed by atoms with Gasteiger partial charge in [0.15, 0.2) is 11.6 Å². The van der Waals surface area contributed by atoms with E-state index < -0.39 is 11.6 Å². The van der Waals surface area contributed by atoms with E-state index in [-0.39, 0.29) is 18.0 Å². The monoisotopic (exact) mass is 262 g/mol. The van der Waals surface area contributed by atoms with E-state index in [1.807, 2.05) is 12.1 Å². The fraction of sp³-hybridized carbons (Fsp3) is 0.143. The van der Waals surface area contributed by atoms with Crippen molar-refractivity contribution in [3.63, 3.8) is 0 Å². The number of carbonyl (C=O) groups is 1. The second-order valence-electron chi connectivity index (χ2n) is 4.03. The summed E-state index contributed by atoms with van der Waals surface area (Å²) in [5.41, 5.74) is 1.24. The summed E-state index contributed by atoms with van der Waals surface area (Å²) in [6, 6.07) is 6.91. The molecule has 5 heteroatoms. The molecule has 1 amide bonds. The summed E-state index contributed by atoms with van der Waals surface area (Å²) in [6.45, 7) is 0. The molecule has 0 fully saturated rings. The number of halogens is 2. The third-order valence-electron chi connectivity index (χ3n) is 2.59. The lowest BCUT2D eigenvalue weighted by Crippen LogP contribution is -2.12. The van der Waals surface area contributed by atoms with Crippen molar-refractivity contribution in [3.8, 4) is 0 Å².